The first kappa shape index (κ1) is 16.7. The maximum absolute atomic E-state index is 13.6. The van der Waals surface area contributed by atoms with Crippen LogP contribution in [0.25, 0.3) is 0 Å². The molecule has 0 saturated heterocycles. The molecule has 2 aromatic rings. The Morgan fingerprint density at radius 3 is 2.43 bits per heavy atom. The molecule has 0 aliphatic heterocycles. The Balaban J connectivity index is 2.04. The Hall–Kier alpha value is -2.69. The van der Waals surface area contributed by atoms with Crippen LogP contribution < -0.4 is 10.6 Å². The first-order valence-corrected chi connectivity index (χ1v) is 7.32. The SMILES string of the molecule is Cc1cccc(NC(=O)[C@H](C)NC(=O)c2ccccc2F)c1C. The van der Waals surface area contributed by atoms with E-state index >= 15 is 0 Å². The zero-order valence-electron chi connectivity index (χ0n) is 13.3. The lowest BCUT2D eigenvalue weighted by Crippen LogP contribution is -2.42. The molecule has 1 atom stereocenters. The maximum Gasteiger partial charge on any atom is 0.254 e. The topological polar surface area (TPSA) is 58.2 Å². The summed E-state index contributed by atoms with van der Waals surface area (Å²) in [5, 5.41) is 5.27. The molecule has 0 fully saturated rings. The van der Waals surface area contributed by atoms with Gasteiger partial charge >= 0.3 is 0 Å². The van der Waals surface area contributed by atoms with Crippen LogP contribution in [-0.2, 0) is 4.79 Å². The van der Waals surface area contributed by atoms with Crippen LogP contribution in [0.15, 0.2) is 42.5 Å². The fourth-order valence-corrected chi connectivity index (χ4v) is 2.11. The summed E-state index contributed by atoms with van der Waals surface area (Å²) >= 11 is 0. The van der Waals surface area contributed by atoms with Crippen LogP contribution in [0, 0.1) is 19.7 Å². The zero-order valence-corrected chi connectivity index (χ0v) is 13.3. The molecule has 0 heterocycles. The van der Waals surface area contributed by atoms with Gasteiger partial charge in [0.05, 0.1) is 5.56 Å². The van der Waals surface area contributed by atoms with Gasteiger partial charge in [-0.05, 0) is 50.1 Å². The molecule has 0 bridgehead atoms. The maximum atomic E-state index is 13.6. The first-order chi connectivity index (χ1) is 10.9. The van der Waals surface area contributed by atoms with Gasteiger partial charge in [0.25, 0.3) is 5.91 Å². The minimum Gasteiger partial charge on any atom is -0.340 e. The molecule has 0 spiro atoms. The summed E-state index contributed by atoms with van der Waals surface area (Å²) in [7, 11) is 0. The highest BCUT2D eigenvalue weighted by Gasteiger charge is 2.19. The number of halogens is 1. The highest BCUT2D eigenvalue weighted by atomic mass is 19.1. The molecule has 0 unspecified atom stereocenters. The second kappa shape index (κ2) is 7.05. The van der Waals surface area contributed by atoms with E-state index in [4.69, 9.17) is 0 Å². The number of amides is 2. The second-order valence-corrected chi connectivity index (χ2v) is 5.41. The van der Waals surface area contributed by atoms with E-state index < -0.39 is 17.8 Å². The van der Waals surface area contributed by atoms with E-state index in [9.17, 15) is 14.0 Å². The van der Waals surface area contributed by atoms with Gasteiger partial charge in [-0.3, -0.25) is 9.59 Å². The Labute approximate surface area is 134 Å². The molecule has 0 radical (unpaired) electrons. The Morgan fingerprint density at radius 2 is 1.74 bits per heavy atom. The Bertz CT molecular complexity index is 744. The Morgan fingerprint density at radius 1 is 1.04 bits per heavy atom. The third-order valence-corrected chi connectivity index (χ3v) is 3.72. The van der Waals surface area contributed by atoms with Crippen LogP contribution in [0.1, 0.15) is 28.4 Å². The molecular formula is C18H19FN2O2. The van der Waals surface area contributed by atoms with Gasteiger partial charge in [0.15, 0.2) is 0 Å². The van der Waals surface area contributed by atoms with Crippen molar-refractivity contribution in [3.63, 3.8) is 0 Å². The van der Waals surface area contributed by atoms with Crippen molar-refractivity contribution in [2.45, 2.75) is 26.8 Å². The number of carbonyl (C=O) groups is 2. The number of anilines is 1. The van der Waals surface area contributed by atoms with E-state index in [0.29, 0.717) is 5.69 Å². The van der Waals surface area contributed by atoms with Crippen molar-refractivity contribution < 1.29 is 14.0 Å². The van der Waals surface area contributed by atoms with Gasteiger partial charge in [-0.25, -0.2) is 4.39 Å². The average Bonchev–Trinajstić information content (AvgIpc) is 2.52. The molecular weight excluding hydrogens is 295 g/mol. The lowest BCUT2D eigenvalue weighted by Gasteiger charge is -2.16. The molecule has 0 saturated carbocycles. The van der Waals surface area contributed by atoms with E-state index in [1.165, 1.54) is 18.2 Å². The molecule has 120 valence electrons. The van der Waals surface area contributed by atoms with Gasteiger partial charge in [0.1, 0.15) is 11.9 Å². The third kappa shape index (κ3) is 3.94. The van der Waals surface area contributed by atoms with E-state index in [2.05, 4.69) is 10.6 Å². The van der Waals surface area contributed by atoms with Crippen LogP contribution in [0.2, 0.25) is 0 Å². The smallest absolute Gasteiger partial charge is 0.254 e. The second-order valence-electron chi connectivity index (χ2n) is 5.41. The molecule has 2 amide bonds. The van der Waals surface area contributed by atoms with Gasteiger partial charge in [-0.2, -0.15) is 0 Å². The lowest BCUT2D eigenvalue weighted by atomic mass is 10.1. The Kier molecular flexibility index (Phi) is 5.11. The summed E-state index contributed by atoms with van der Waals surface area (Å²) in [5.74, 6) is -1.60. The number of carbonyl (C=O) groups excluding carboxylic acids is 2. The fraction of sp³-hybridized carbons (Fsp3) is 0.222. The zero-order chi connectivity index (χ0) is 17.0. The van der Waals surface area contributed by atoms with Crippen molar-refractivity contribution in [3.05, 3.63) is 65.0 Å². The summed E-state index contributed by atoms with van der Waals surface area (Å²) in [6, 6.07) is 10.5. The highest BCUT2D eigenvalue weighted by molar-refractivity contribution is 6.01. The van der Waals surface area contributed by atoms with Crippen molar-refractivity contribution >= 4 is 17.5 Å². The molecule has 23 heavy (non-hydrogen) atoms. The number of aryl methyl sites for hydroxylation is 1. The van der Waals surface area contributed by atoms with Crippen LogP contribution in [0.3, 0.4) is 0 Å². The van der Waals surface area contributed by atoms with E-state index in [0.717, 1.165) is 11.1 Å². The summed E-state index contributed by atoms with van der Waals surface area (Å²) in [6.07, 6.45) is 0. The molecule has 5 heteroatoms. The summed E-state index contributed by atoms with van der Waals surface area (Å²) in [6.45, 7) is 5.42. The minimum absolute atomic E-state index is 0.0844. The number of hydrogen-bond donors (Lipinski definition) is 2. The van der Waals surface area contributed by atoms with E-state index in [1.807, 2.05) is 26.0 Å². The molecule has 0 aromatic heterocycles. The van der Waals surface area contributed by atoms with Crippen LogP contribution >= 0.6 is 0 Å². The number of benzene rings is 2. The van der Waals surface area contributed by atoms with Crippen molar-refractivity contribution in [3.8, 4) is 0 Å². The molecule has 2 aromatic carbocycles. The quantitative estimate of drug-likeness (QED) is 0.910. The molecule has 2 N–H and O–H groups in total. The molecule has 2 rings (SSSR count). The lowest BCUT2D eigenvalue weighted by molar-refractivity contribution is -0.117. The number of nitrogens with one attached hydrogen (secondary N) is 2. The fourth-order valence-electron chi connectivity index (χ4n) is 2.11. The summed E-state index contributed by atoms with van der Waals surface area (Å²) in [5.41, 5.74) is 2.64. The summed E-state index contributed by atoms with van der Waals surface area (Å²) in [4.78, 5) is 24.2. The van der Waals surface area contributed by atoms with Crippen LogP contribution in [0.5, 0.6) is 0 Å². The highest BCUT2D eigenvalue weighted by Crippen LogP contribution is 2.18. The molecule has 0 aliphatic carbocycles. The van der Waals surface area contributed by atoms with Crippen molar-refractivity contribution in [1.82, 2.24) is 5.32 Å². The minimum atomic E-state index is -0.790. The molecule has 0 aliphatic rings. The van der Waals surface area contributed by atoms with Gasteiger partial charge < -0.3 is 10.6 Å². The average molecular weight is 314 g/mol. The van der Waals surface area contributed by atoms with Crippen molar-refractivity contribution in [2.75, 3.05) is 5.32 Å². The number of hydrogen-bond acceptors (Lipinski definition) is 2. The van der Waals surface area contributed by atoms with Gasteiger partial charge in [-0.1, -0.05) is 24.3 Å². The normalized spacial score (nSPS) is 11.7. The monoisotopic (exact) mass is 314 g/mol. The van der Waals surface area contributed by atoms with Crippen LogP contribution in [-0.4, -0.2) is 17.9 Å². The van der Waals surface area contributed by atoms with Crippen molar-refractivity contribution in [1.29, 1.82) is 0 Å². The standard InChI is InChI=1S/C18H19FN2O2/c1-11-7-6-10-16(12(11)2)21-17(22)13(3)20-18(23)14-8-4-5-9-15(14)19/h4-10,13H,1-3H3,(H,20,23)(H,21,22)/t13-/m0/s1. The van der Waals surface area contributed by atoms with Crippen LogP contribution in [0.4, 0.5) is 10.1 Å². The predicted octanol–water partition coefficient (Wildman–Crippen LogP) is 3.20. The number of rotatable bonds is 4. The third-order valence-electron chi connectivity index (χ3n) is 3.72. The van der Waals surface area contributed by atoms with Gasteiger partial charge in [0.2, 0.25) is 5.91 Å². The van der Waals surface area contributed by atoms with E-state index in [1.54, 1.807) is 19.1 Å². The molecule has 4 nitrogen and oxygen atoms in total. The van der Waals surface area contributed by atoms with Gasteiger partial charge in [0, 0.05) is 5.69 Å². The predicted molar refractivity (Wildman–Crippen MR) is 87.9 cm³/mol. The first-order valence-electron chi connectivity index (χ1n) is 7.32. The summed E-state index contributed by atoms with van der Waals surface area (Å²) < 4.78 is 13.6. The largest absolute Gasteiger partial charge is 0.340 e. The van der Waals surface area contributed by atoms with E-state index in [-0.39, 0.29) is 11.5 Å². The van der Waals surface area contributed by atoms with Gasteiger partial charge in [-0.15, -0.1) is 0 Å². The van der Waals surface area contributed by atoms with Crippen molar-refractivity contribution in [2.24, 2.45) is 0 Å².